The molecular weight excluding hydrogens is 547 g/mol. The van der Waals surface area contributed by atoms with E-state index in [4.69, 9.17) is 11.6 Å². The summed E-state index contributed by atoms with van der Waals surface area (Å²) in [5.74, 6) is -4.11. The summed E-state index contributed by atoms with van der Waals surface area (Å²) in [5.41, 5.74) is -2.60. The third-order valence-corrected chi connectivity index (χ3v) is 6.98. The molecule has 210 valence electrons. The van der Waals surface area contributed by atoms with Gasteiger partial charge in [0, 0.05) is 32.2 Å². The van der Waals surface area contributed by atoms with Crippen molar-refractivity contribution in [1.29, 1.82) is 0 Å². The number of aromatic nitrogens is 2. The Morgan fingerprint density at radius 3 is 2.51 bits per heavy atom. The van der Waals surface area contributed by atoms with Crippen LogP contribution in [0, 0.1) is 5.92 Å². The van der Waals surface area contributed by atoms with Gasteiger partial charge in [0.25, 0.3) is 11.5 Å². The van der Waals surface area contributed by atoms with Gasteiger partial charge in [0.05, 0.1) is 5.54 Å². The number of nitrogens with one attached hydrogen (secondary N) is 2. The van der Waals surface area contributed by atoms with E-state index in [2.05, 4.69) is 20.4 Å². The molecule has 1 aromatic carbocycles. The number of benzene rings is 1. The highest BCUT2D eigenvalue weighted by atomic mass is 35.5. The third-order valence-electron chi connectivity index (χ3n) is 6.76. The van der Waals surface area contributed by atoms with Gasteiger partial charge in [0.1, 0.15) is 11.6 Å². The van der Waals surface area contributed by atoms with Gasteiger partial charge < -0.3 is 25.4 Å². The van der Waals surface area contributed by atoms with Crippen molar-refractivity contribution in [3.8, 4) is 11.5 Å². The van der Waals surface area contributed by atoms with Crippen LogP contribution < -0.4 is 20.9 Å². The van der Waals surface area contributed by atoms with Crippen molar-refractivity contribution in [3.63, 3.8) is 0 Å². The monoisotopic (exact) mass is 571 g/mol. The van der Waals surface area contributed by atoms with Crippen LogP contribution in [0.5, 0.6) is 11.5 Å². The number of alkyl halides is 3. The molecule has 1 aliphatic carbocycles. The molecule has 3 N–H and O–H groups in total. The average Bonchev–Trinajstić information content (AvgIpc) is 3.08. The second kappa shape index (κ2) is 10.4. The number of hydrogen-bond donors (Lipinski definition) is 3. The van der Waals surface area contributed by atoms with Gasteiger partial charge in [0.2, 0.25) is 5.75 Å². The number of ether oxygens (including phenoxy) is 1. The molecule has 0 radical (unpaired) electrons. The largest absolute Gasteiger partial charge is 0.573 e. The molecular formula is C24H25ClF3N5O6. The lowest BCUT2D eigenvalue weighted by Gasteiger charge is -2.37. The summed E-state index contributed by atoms with van der Waals surface area (Å²) in [6, 6.07) is 3.27. The summed E-state index contributed by atoms with van der Waals surface area (Å²) in [4.78, 5) is 56.5. The Balaban J connectivity index is 1.65. The molecule has 0 unspecified atom stereocenters. The van der Waals surface area contributed by atoms with E-state index in [1.54, 1.807) is 0 Å². The maximum Gasteiger partial charge on any atom is 0.573 e. The van der Waals surface area contributed by atoms with Crippen LogP contribution >= 0.6 is 11.6 Å². The minimum Gasteiger partial charge on any atom is -0.501 e. The zero-order valence-corrected chi connectivity index (χ0v) is 21.6. The zero-order valence-electron chi connectivity index (χ0n) is 20.9. The Morgan fingerprint density at radius 2 is 1.90 bits per heavy atom. The number of carbonyl (C=O) groups excluding carboxylic acids is 3. The summed E-state index contributed by atoms with van der Waals surface area (Å²) in [5, 5.41) is 15.6. The molecule has 5 rings (SSSR count). The quantitative estimate of drug-likeness (QED) is 0.466. The van der Waals surface area contributed by atoms with E-state index in [-0.39, 0.29) is 35.4 Å². The maximum atomic E-state index is 13.1. The Hall–Kier alpha value is -3.81. The average molecular weight is 572 g/mol. The van der Waals surface area contributed by atoms with Crippen molar-refractivity contribution >= 4 is 29.3 Å². The number of nitrogens with zero attached hydrogens (tertiary/aromatic N) is 3. The lowest BCUT2D eigenvalue weighted by Crippen LogP contribution is -2.53. The fourth-order valence-electron chi connectivity index (χ4n) is 4.91. The number of fused-ring (bicyclic) bond motifs is 2. The van der Waals surface area contributed by atoms with Crippen LogP contribution in [0.1, 0.15) is 47.6 Å². The van der Waals surface area contributed by atoms with E-state index in [1.165, 1.54) is 24.7 Å². The first-order chi connectivity index (χ1) is 18.2. The van der Waals surface area contributed by atoms with Crippen LogP contribution in [0.3, 0.4) is 0 Å². The maximum absolute atomic E-state index is 13.1. The summed E-state index contributed by atoms with van der Waals surface area (Å²) >= 11 is 5.87. The first-order valence-corrected chi connectivity index (χ1v) is 12.3. The topological polar surface area (TPSA) is 143 Å². The third kappa shape index (κ3) is 5.95. The van der Waals surface area contributed by atoms with Crippen molar-refractivity contribution in [2.75, 3.05) is 14.1 Å². The number of amides is 3. The van der Waals surface area contributed by atoms with Gasteiger partial charge in [-0.1, -0.05) is 11.6 Å². The summed E-state index contributed by atoms with van der Waals surface area (Å²) < 4.78 is 42.9. The zero-order chi connectivity index (χ0) is 28.7. The molecule has 1 saturated carbocycles. The van der Waals surface area contributed by atoms with E-state index >= 15 is 0 Å². The Labute approximate surface area is 224 Å². The van der Waals surface area contributed by atoms with Crippen LogP contribution in [-0.2, 0) is 28.2 Å². The molecule has 3 aliphatic rings. The van der Waals surface area contributed by atoms with Gasteiger partial charge in [-0.05, 0) is 55.4 Å². The number of carbonyl (C=O) groups is 3. The first kappa shape index (κ1) is 28.2. The normalized spacial score (nSPS) is 20.0. The standard InChI is InChI=1S/C24H25ClF3N5O6/c1-32(2)21(38)19(36)31-23-5-3-12(4-6-23)11-33-20(37)17(34)16(30-22(23)33)18(35)29-10-13-7-14(25)9-15(8-13)39-24(26,27)28/h7-9,12,34H,3-6,10-11H2,1-2H3,(H,29,35)(H,31,36). The summed E-state index contributed by atoms with van der Waals surface area (Å²) in [6.45, 7) is -0.130. The van der Waals surface area contributed by atoms with Crippen molar-refractivity contribution in [2.45, 2.75) is 50.7 Å². The minimum atomic E-state index is -4.95. The molecule has 0 saturated heterocycles. The Morgan fingerprint density at radius 1 is 1.23 bits per heavy atom. The molecule has 3 amide bonds. The van der Waals surface area contributed by atoms with Crippen LogP contribution in [0.15, 0.2) is 23.0 Å². The van der Waals surface area contributed by atoms with Crippen LogP contribution in [-0.4, -0.2) is 57.7 Å². The minimum absolute atomic E-state index is 0.0407. The Kier molecular flexibility index (Phi) is 7.52. The molecule has 1 aromatic heterocycles. The molecule has 39 heavy (non-hydrogen) atoms. The number of hydrogen-bond acceptors (Lipinski definition) is 7. The number of aromatic hydroxyl groups is 1. The molecule has 2 aromatic rings. The van der Waals surface area contributed by atoms with E-state index in [9.17, 15) is 37.5 Å². The molecule has 0 spiro atoms. The number of rotatable bonds is 5. The van der Waals surface area contributed by atoms with Crippen LogP contribution in [0.4, 0.5) is 13.2 Å². The van der Waals surface area contributed by atoms with Gasteiger partial charge in [-0.25, -0.2) is 4.98 Å². The van der Waals surface area contributed by atoms with Crippen molar-refractivity contribution < 1.29 is 37.4 Å². The van der Waals surface area contributed by atoms with Gasteiger partial charge in [-0.2, -0.15) is 0 Å². The van der Waals surface area contributed by atoms with Crippen molar-refractivity contribution in [3.05, 3.63) is 50.7 Å². The van der Waals surface area contributed by atoms with Crippen molar-refractivity contribution in [2.24, 2.45) is 5.92 Å². The molecule has 2 aliphatic heterocycles. The fourth-order valence-corrected chi connectivity index (χ4v) is 5.16. The highest BCUT2D eigenvalue weighted by Gasteiger charge is 2.46. The van der Waals surface area contributed by atoms with Crippen molar-refractivity contribution in [1.82, 2.24) is 25.1 Å². The lowest BCUT2D eigenvalue weighted by molar-refractivity contribution is -0.274. The van der Waals surface area contributed by atoms with Gasteiger partial charge in [-0.15, -0.1) is 13.2 Å². The summed E-state index contributed by atoms with van der Waals surface area (Å²) in [7, 11) is 2.83. The summed E-state index contributed by atoms with van der Waals surface area (Å²) in [6.07, 6.45) is -3.02. The SMILES string of the molecule is CN(C)C(=O)C(=O)NC12CCC(CC1)Cn1c2nc(C(=O)NCc2cc(Cl)cc(OC(F)(F)F)c2)c(O)c1=O. The predicted molar refractivity (Wildman–Crippen MR) is 130 cm³/mol. The first-order valence-electron chi connectivity index (χ1n) is 11.9. The molecule has 11 nitrogen and oxygen atoms in total. The van der Waals surface area contributed by atoms with Crippen LogP contribution in [0.25, 0.3) is 0 Å². The predicted octanol–water partition coefficient (Wildman–Crippen LogP) is 2.03. The van der Waals surface area contributed by atoms with E-state index in [0.717, 1.165) is 17.0 Å². The van der Waals surface area contributed by atoms with Gasteiger partial charge in [0.15, 0.2) is 5.69 Å². The van der Waals surface area contributed by atoms with E-state index < -0.39 is 52.4 Å². The highest BCUT2D eigenvalue weighted by Crippen LogP contribution is 2.43. The van der Waals surface area contributed by atoms with E-state index in [1.807, 2.05) is 0 Å². The molecule has 0 atom stereocenters. The Bertz CT molecular complexity index is 1390. The van der Waals surface area contributed by atoms with Gasteiger partial charge in [-0.3, -0.25) is 23.7 Å². The second-order valence-corrected chi connectivity index (χ2v) is 10.2. The van der Waals surface area contributed by atoms with Crippen LogP contribution in [0.2, 0.25) is 5.02 Å². The smallest absolute Gasteiger partial charge is 0.501 e. The fraction of sp³-hybridized carbons (Fsp3) is 0.458. The second-order valence-electron chi connectivity index (χ2n) is 9.75. The highest BCUT2D eigenvalue weighted by molar-refractivity contribution is 6.35. The molecule has 15 heteroatoms. The molecule has 1 fully saturated rings. The number of likely N-dealkylation sites (N-methyl/N-ethyl adjacent to an activating group) is 1. The van der Waals surface area contributed by atoms with E-state index in [0.29, 0.717) is 25.7 Å². The number of halogens is 4. The molecule has 2 bridgehead atoms. The van der Waals surface area contributed by atoms with Gasteiger partial charge >= 0.3 is 18.2 Å². The molecule has 3 heterocycles. The lowest BCUT2D eigenvalue weighted by atomic mass is 9.77.